The van der Waals surface area contributed by atoms with Crippen molar-refractivity contribution < 1.29 is 0 Å². The molecule has 0 fully saturated rings. The normalized spacial score (nSPS) is 11.0. The van der Waals surface area contributed by atoms with Crippen LogP contribution in [-0.2, 0) is 13.0 Å². The number of halogens is 1. The molecule has 0 aliphatic carbocycles. The minimum Gasteiger partial charge on any atom is -0.229 e. The van der Waals surface area contributed by atoms with Gasteiger partial charge in [-0.05, 0) is 41.1 Å². The summed E-state index contributed by atoms with van der Waals surface area (Å²) in [6, 6.07) is 17.9. The number of rotatable bonds is 6. The van der Waals surface area contributed by atoms with Gasteiger partial charge in [-0.15, -0.1) is 21.5 Å². The van der Waals surface area contributed by atoms with E-state index in [1.165, 1.54) is 17.3 Å². The molecule has 0 aliphatic heterocycles. The average Bonchev–Trinajstić information content (AvgIpc) is 3.32. The van der Waals surface area contributed by atoms with E-state index in [9.17, 15) is 0 Å². The first-order valence-electron chi connectivity index (χ1n) is 7.97. The summed E-state index contributed by atoms with van der Waals surface area (Å²) in [5.41, 5.74) is 3.22. The molecule has 0 spiro atoms. The third-order valence-corrected chi connectivity index (χ3v) is 5.72. The number of aryl methyl sites for hydroxylation is 2. The van der Waals surface area contributed by atoms with Crippen molar-refractivity contribution in [3.63, 3.8) is 0 Å². The number of hydrogen-bond donors (Lipinski definition) is 0. The second-order valence-corrected chi connectivity index (χ2v) is 8.02. The SMILES string of the molecule is Clc1ccc(-c2csc(Sc3nnn(CCc4ccccc4)n3)n2)cc1. The van der Waals surface area contributed by atoms with Crippen molar-refractivity contribution in [2.24, 2.45) is 0 Å². The van der Waals surface area contributed by atoms with Crippen LogP contribution in [0.5, 0.6) is 0 Å². The van der Waals surface area contributed by atoms with Crippen molar-refractivity contribution in [3.05, 3.63) is 70.6 Å². The molecule has 0 amide bonds. The third kappa shape index (κ3) is 4.30. The van der Waals surface area contributed by atoms with Gasteiger partial charge < -0.3 is 0 Å². The van der Waals surface area contributed by atoms with Gasteiger partial charge in [-0.3, -0.25) is 0 Å². The molecule has 0 N–H and O–H groups in total. The van der Waals surface area contributed by atoms with E-state index in [-0.39, 0.29) is 0 Å². The van der Waals surface area contributed by atoms with Crippen LogP contribution < -0.4 is 0 Å². The Balaban J connectivity index is 1.39. The van der Waals surface area contributed by atoms with Crippen LogP contribution in [0.2, 0.25) is 5.02 Å². The molecular formula is C18H14ClN5S2. The minimum absolute atomic E-state index is 0.607. The molecule has 4 rings (SSSR count). The van der Waals surface area contributed by atoms with Gasteiger partial charge >= 0.3 is 0 Å². The summed E-state index contributed by atoms with van der Waals surface area (Å²) >= 11 is 8.92. The number of benzene rings is 2. The Morgan fingerprint density at radius 2 is 1.85 bits per heavy atom. The van der Waals surface area contributed by atoms with Crippen molar-refractivity contribution >= 4 is 34.7 Å². The fourth-order valence-electron chi connectivity index (χ4n) is 2.37. The van der Waals surface area contributed by atoms with Crippen molar-refractivity contribution in [1.29, 1.82) is 0 Å². The molecule has 8 heteroatoms. The number of tetrazole rings is 1. The van der Waals surface area contributed by atoms with Crippen LogP contribution in [0.4, 0.5) is 0 Å². The number of nitrogens with zero attached hydrogens (tertiary/aromatic N) is 5. The summed E-state index contributed by atoms with van der Waals surface area (Å²) in [6.45, 7) is 0.700. The van der Waals surface area contributed by atoms with E-state index in [0.29, 0.717) is 11.7 Å². The second kappa shape index (κ2) is 7.99. The summed E-state index contributed by atoms with van der Waals surface area (Å²) in [6.07, 6.45) is 0.874. The zero-order valence-corrected chi connectivity index (χ0v) is 16.0. The number of hydrogen-bond acceptors (Lipinski definition) is 6. The largest absolute Gasteiger partial charge is 0.238 e. The van der Waals surface area contributed by atoms with Crippen LogP contribution >= 0.6 is 34.7 Å². The van der Waals surface area contributed by atoms with E-state index < -0.39 is 0 Å². The molecule has 4 aromatic rings. The van der Waals surface area contributed by atoms with Gasteiger partial charge in [0.2, 0.25) is 5.16 Å². The molecule has 26 heavy (non-hydrogen) atoms. The van der Waals surface area contributed by atoms with Crippen molar-refractivity contribution in [3.8, 4) is 11.3 Å². The molecule has 2 aromatic heterocycles. The van der Waals surface area contributed by atoms with Crippen LogP contribution in [0.25, 0.3) is 11.3 Å². The summed E-state index contributed by atoms with van der Waals surface area (Å²) in [4.78, 5) is 6.26. The zero-order valence-electron chi connectivity index (χ0n) is 13.6. The van der Waals surface area contributed by atoms with Crippen molar-refractivity contribution in [2.45, 2.75) is 22.5 Å². The predicted octanol–water partition coefficient (Wildman–Crippen LogP) is 4.84. The second-order valence-electron chi connectivity index (χ2n) is 5.51. The maximum absolute atomic E-state index is 5.93. The topological polar surface area (TPSA) is 56.5 Å². The molecular weight excluding hydrogens is 386 g/mol. The van der Waals surface area contributed by atoms with Crippen LogP contribution in [-0.4, -0.2) is 25.2 Å². The monoisotopic (exact) mass is 399 g/mol. The third-order valence-electron chi connectivity index (χ3n) is 3.68. The Bertz CT molecular complexity index is 982. The molecule has 0 saturated heterocycles. The highest BCUT2D eigenvalue weighted by atomic mass is 35.5. The van der Waals surface area contributed by atoms with E-state index in [4.69, 9.17) is 11.6 Å². The fraction of sp³-hybridized carbons (Fsp3) is 0.111. The van der Waals surface area contributed by atoms with E-state index in [0.717, 1.165) is 27.0 Å². The highest BCUT2D eigenvalue weighted by Gasteiger charge is 2.10. The standard InChI is InChI=1S/C18H14ClN5S2/c19-15-8-6-14(7-9-15)16-12-25-18(20-16)26-17-21-23-24(22-17)11-10-13-4-2-1-3-5-13/h1-9,12H,10-11H2. The van der Waals surface area contributed by atoms with Crippen molar-refractivity contribution in [1.82, 2.24) is 25.2 Å². The molecule has 2 heterocycles. The Morgan fingerprint density at radius 3 is 2.65 bits per heavy atom. The molecule has 0 aliphatic rings. The van der Waals surface area contributed by atoms with Crippen LogP contribution in [0.1, 0.15) is 5.56 Å². The summed E-state index contributed by atoms with van der Waals surface area (Å²) in [5.74, 6) is 0. The minimum atomic E-state index is 0.607. The molecule has 0 atom stereocenters. The molecule has 0 bridgehead atoms. The first-order valence-corrected chi connectivity index (χ1v) is 10.0. The van der Waals surface area contributed by atoms with Gasteiger partial charge in [-0.2, -0.15) is 4.80 Å². The Morgan fingerprint density at radius 1 is 1.04 bits per heavy atom. The Labute approximate surface area is 164 Å². The highest BCUT2D eigenvalue weighted by Crippen LogP contribution is 2.31. The fourth-order valence-corrected chi connectivity index (χ4v) is 4.12. The summed E-state index contributed by atoms with van der Waals surface area (Å²) in [5, 5.41) is 16.0. The van der Waals surface area contributed by atoms with Gasteiger partial charge in [-0.25, -0.2) is 4.98 Å². The zero-order chi connectivity index (χ0) is 17.8. The Hall–Kier alpha value is -2.22. The van der Waals surface area contributed by atoms with Gasteiger partial charge in [0.25, 0.3) is 0 Å². The van der Waals surface area contributed by atoms with Crippen LogP contribution in [0, 0.1) is 0 Å². The average molecular weight is 400 g/mol. The maximum atomic E-state index is 5.93. The first kappa shape index (κ1) is 17.2. The lowest BCUT2D eigenvalue weighted by atomic mass is 10.2. The highest BCUT2D eigenvalue weighted by molar-refractivity contribution is 8.00. The Kier molecular flexibility index (Phi) is 5.29. The van der Waals surface area contributed by atoms with Crippen molar-refractivity contribution in [2.75, 3.05) is 0 Å². The van der Waals surface area contributed by atoms with Gasteiger partial charge in [-0.1, -0.05) is 54.1 Å². The number of aromatic nitrogens is 5. The lowest BCUT2D eigenvalue weighted by molar-refractivity contribution is 0.519. The molecule has 0 radical (unpaired) electrons. The molecule has 0 unspecified atom stereocenters. The van der Waals surface area contributed by atoms with Gasteiger partial charge in [0.05, 0.1) is 12.2 Å². The lowest BCUT2D eigenvalue weighted by Crippen LogP contribution is -2.05. The quantitative estimate of drug-likeness (QED) is 0.464. The van der Waals surface area contributed by atoms with Crippen LogP contribution in [0.15, 0.2) is 69.5 Å². The molecule has 2 aromatic carbocycles. The van der Waals surface area contributed by atoms with Gasteiger partial charge in [0.1, 0.15) is 0 Å². The van der Waals surface area contributed by atoms with Gasteiger partial charge in [0.15, 0.2) is 4.34 Å². The van der Waals surface area contributed by atoms with Crippen LogP contribution in [0.3, 0.4) is 0 Å². The number of thiazole rings is 1. The van der Waals surface area contributed by atoms with E-state index in [1.54, 1.807) is 16.1 Å². The first-order chi connectivity index (χ1) is 12.8. The summed E-state index contributed by atoms with van der Waals surface area (Å²) in [7, 11) is 0. The maximum Gasteiger partial charge on any atom is 0.238 e. The summed E-state index contributed by atoms with van der Waals surface area (Å²) < 4.78 is 0.887. The molecule has 5 nitrogen and oxygen atoms in total. The lowest BCUT2D eigenvalue weighted by Gasteiger charge is -1.99. The van der Waals surface area contributed by atoms with Gasteiger partial charge in [0, 0.05) is 16.0 Å². The predicted molar refractivity (Wildman–Crippen MR) is 105 cm³/mol. The smallest absolute Gasteiger partial charge is 0.229 e. The van der Waals surface area contributed by atoms with E-state index in [1.807, 2.05) is 47.8 Å². The molecule has 0 saturated carbocycles. The van der Waals surface area contributed by atoms with E-state index >= 15 is 0 Å². The molecule has 130 valence electrons. The van der Waals surface area contributed by atoms with E-state index in [2.05, 4.69) is 32.5 Å².